The predicted molar refractivity (Wildman–Crippen MR) is 50.1 cm³/mol. The molecule has 1 aliphatic carbocycles. The molecule has 1 fully saturated rings. The highest BCUT2D eigenvalue weighted by Crippen LogP contribution is 2.36. The third-order valence-corrected chi connectivity index (χ3v) is 2.95. The lowest BCUT2D eigenvalue weighted by molar-refractivity contribution is -0.107. The Kier molecular flexibility index (Phi) is 3.75. The van der Waals surface area contributed by atoms with E-state index in [1.54, 1.807) is 0 Å². The first-order chi connectivity index (χ1) is 6.29. The molecule has 0 aromatic rings. The van der Waals surface area contributed by atoms with Crippen molar-refractivity contribution in [3.63, 3.8) is 0 Å². The van der Waals surface area contributed by atoms with Crippen molar-refractivity contribution in [1.29, 1.82) is 0 Å². The third-order valence-electron chi connectivity index (χ3n) is 2.95. The largest absolute Gasteiger partial charge is 0.493 e. The van der Waals surface area contributed by atoms with E-state index in [4.69, 9.17) is 9.84 Å². The van der Waals surface area contributed by atoms with Crippen LogP contribution in [0, 0.1) is 5.92 Å². The third kappa shape index (κ3) is 2.03. The van der Waals surface area contributed by atoms with Gasteiger partial charge in [-0.2, -0.15) is 0 Å². The Morgan fingerprint density at radius 2 is 2.23 bits per heavy atom. The molecule has 1 rings (SSSR count). The molecule has 0 aliphatic heterocycles. The van der Waals surface area contributed by atoms with E-state index in [1.165, 1.54) is 6.26 Å². The Labute approximate surface area is 79.0 Å². The van der Waals surface area contributed by atoms with Gasteiger partial charge in [0.1, 0.15) is 5.60 Å². The van der Waals surface area contributed by atoms with Crippen LogP contribution in [0.25, 0.3) is 0 Å². The Balaban J connectivity index is 2.71. The lowest BCUT2D eigenvalue weighted by atomic mass is 9.76. The van der Waals surface area contributed by atoms with E-state index in [2.05, 4.69) is 6.58 Å². The van der Waals surface area contributed by atoms with Gasteiger partial charge in [0.15, 0.2) is 0 Å². The zero-order chi connectivity index (χ0) is 9.73. The Morgan fingerprint density at radius 3 is 2.77 bits per heavy atom. The Morgan fingerprint density at radius 1 is 1.46 bits per heavy atom. The molecule has 3 heteroatoms. The van der Waals surface area contributed by atoms with Crippen molar-refractivity contribution in [1.82, 2.24) is 0 Å². The first-order valence-electron chi connectivity index (χ1n) is 4.79. The topological polar surface area (TPSA) is 49.7 Å². The summed E-state index contributed by atoms with van der Waals surface area (Å²) in [5.41, 5.74) is -0.575. The average molecular weight is 186 g/mol. The SMILES string of the molecule is C=COC1(CO)CCCCC1CO. The molecule has 1 aliphatic rings. The van der Waals surface area contributed by atoms with Crippen molar-refractivity contribution >= 4 is 0 Å². The smallest absolute Gasteiger partial charge is 0.136 e. The summed E-state index contributed by atoms with van der Waals surface area (Å²) < 4.78 is 5.38. The van der Waals surface area contributed by atoms with E-state index in [0.717, 1.165) is 25.7 Å². The Bertz CT molecular complexity index is 170. The van der Waals surface area contributed by atoms with Crippen molar-refractivity contribution in [2.75, 3.05) is 13.2 Å². The molecular formula is C10H18O3. The molecule has 0 aromatic heterocycles. The number of hydrogen-bond donors (Lipinski definition) is 2. The molecule has 0 amide bonds. The number of aliphatic hydroxyl groups excluding tert-OH is 2. The molecule has 2 N–H and O–H groups in total. The minimum Gasteiger partial charge on any atom is -0.493 e. The Hall–Kier alpha value is -0.540. The van der Waals surface area contributed by atoms with E-state index in [0.29, 0.717) is 0 Å². The quantitative estimate of drug-likeness (QED) is 0.645. The molecule has 76 valence electrons. The summed E-state index contributed by atoms with van der Waals surface area (Å²) in [4.78, 5) is 0. The van der Waals surface area contributed by atoms with Crippen LogP contribution < -0.4 is 0 Å². The summed E-state index contributed by atoms with van der Waals surface area (Å²) in [5.74, 6) is 0.0456. The average Bonchev–Trinajstić information content (AvgIpc) is 2.19. The van der Waals surface area contributed by atoms with Gasteiger partial charge in [0, 0.05) is 12.5 Å². The second-order valence-corrected chi connectivity index (χ2v) is 3.63. The molecule has 0 saturated heterocycles. The van der Waals surface area contributed by atoms with Gasteiger partial charge < -0.3 is 14.9 Å². The molecule has 0 heterocycles. The highest BCUT2D eigenvalue weighted by molar-refractivity contribution is 4.92. The zero-order valence-electron chi connectivity index (χ0n) is 7.91. The van der Waals surface area contributed by atoms with Crippen LogP contribution >= 0.6 is 0 Å². The second-order valence-electron chi connectivity index (χ2n) is 3.63. The first-order valence-corrected chi connectivity index (χ1v) is 4.79. The van der Waals surface area contributed by atoms with Gasteiger partial charge in [0.2, 0.25) is 0 Å². The molecular weight excluding hydrogens is 168 g/mol. The summed E-state index contributed by atoms with van der Waals surface area (Å²) in [5, 5.41) is 18.4. The molecule has 1 saturated carbocycles. The van der Waals surface area contributed by atoms with Gasteiger partial charge in [0.05, 0.1) is 12.9 Å². The van der Waals surface area contributed by atoms with Gasteiger partial charge in [-0.05, 0) is 19.3 Å². The fraction of sp³-hybridized carbons (Fsp3) is 0.800. The van der Waals surface area contributed by atoms with Gasteiger partial charge in [-0.15, -0.1) is 0 Å². The molecule has 0 radical (unpaired) electrons. The van der Waals surface area contributed by atoms with Gasteiger partial charge >= 0.3 is 0 Å². The fourth-order valence-corrected chi connectivity index (χ4v) is 2.11. The lowest BCUT2D eigenvalue weighted by Crippen LogP contribution is -2.47. The molecule has 13 heavy (non-hydrogen) atoms. The zero-order valence-corrected chi connectivity index (χ0v) is 7.91. The van der Waals surface area contributed by atoms with E-state index in [1.807, 2.05) is 0 Å². The minimum atomic E-state index is -0.575. The molecule has 3 nitrogen and oxygen atoms in total. The summed E-state index contributed by atoms with van der Waals surface area (Å²) in [6, 6.07) is 0. The second kappa shape index (κ2) is 4.63. The maximum Gasteiger partial charge on any atom is 0.136 e. The summed E-state index contributed by atoms with van der Waals surface area (Å²) in [6.07, 6.45) is 5.24. The van der Waals surface area contributed by atoms with Crippen LogP contribution in [-0.2, 0) is 4.74 Å². The number of aliphatic hydroxyl groups is 2. The van der Waals surface area contributed by atoms with E-state index >= 15 is 0 Å². The molecule has 2 unspecified atom stereocenters. The highest BCUT2D eigenvalue weighted by atomic mass is 16.5. The molecule has 0 bridgehead atoms. The molecule has 0 spiro atoms. The van der Waals surface area contributed by atoms with Gasteiger partial charge in [0.25, 0.3) is 0 Å². The highest BCUT2D eigenvalue weighted by Gasteiger charge is 2.41. The van der Waals surface area contributed by atoms with Crippen LogP contribution in [0.15, 0.2) is 12.8 Å². The molecule has 0 aromatic carbocycles. The number of hydrogen-bond acceptors (Lipinski definition) is 3. The van der Waals surface area contributed by atoms with Crippen molar-refractivity contribution < 1.29 is 14.9 Å². The summed E-state index contributed by atoms with van der Waals surface area (Å²) in [7, 11) is 0. The minimum absolute atomic E-state index is 0.0375. The van der Waals surface area contributed by atoms with Crippen molar-refractivity contribution in [2.24, 2.45) is 5.92 Å². The van der Waals surface area contributed by atoms with E-state index in [9.17, 15) is 5.11 Å². The van der Waals surface area contributed by atoms with Crippen molar-refractivity contribution in [3.8, 4) is 0 Å². The first kappa shape index (κ1) is 10.5. The van der Waals surface area contributed by atoms with Crippen LogP contribution in [-0.4, -0.2) is 29.0 Å². The van der Waals surface area contributed by atoms with Crippen LogP contribution in [0.1, 0.15) is 25.7 Å². The van der Waals surface area contributed by atoms with Crippen molar-refractivity contribution in [3.05, 3.63) is 12.8 Å². The normalized spacial score (nSPS) is 34.2. The van der Waals surface area contributed by atoms with Gasteiger partial charge in [-0.3, -0.25) is 0 Å². The van der Waals surface area contributed by atoms with Gasteiger partial charge in [-0.25, -0.2) is 0 Å². The van der Waals surface area contributed by atoms with Crippen LogP contribution in [0.2, 0.25) is 0 Å². The van der Waals surface area contributed by atoms with Gasteiger partial charge in [-0.1, -0.05) is 13.0 Å². The van der Waals surface area contributed by atoms with E-state index in [-0.39, 0.29) is 19.1 Å². The lowest BCUT2D eigenvalue weighted by Gasteiger charge is -2.41. The number of rotatable bonds is 4. The van der Waals surface area contributed by atoms with Crippen LogP contribution in [0.3, 0.4) is 0 Å². The standard InChI is InChI=1S/C10H18O3/c1-2-13-10(8-12)6-4-3-5-9(10)7-11/h2,9,11-12H,1,3-8H2. The monoisotopic (exact) mass is 186 g/mol. The maximum atomic E-state index is 9.29. The van der Waals surface area contributed by atoms with Crippen LogP contribution in [0.5, 0.6) is 0 Å². The van der Waals surface area contributed by atoms with Crippen LogP contribution in [0.4, 0.5) is 0 Å². The summed E-state index contributed by atoms with van der Waals surface area (Å²) in [6.45, 7) is 3.54. The maximum absolute atomic E-state index is 9.29. The number of ether oxygens (including phenoxy) is 1. The summed E-state index contributed by atoms with van der Waals surface area (Å²) >= 11 is 0. The predicted octanol–water partition coefficient (Wildman–Crippen LogP) is 1.06. The fourth-order valence-electron chi connectivity index (χ4n) is 2.11. The van der Waals surface area contributed by atoms with E-state index < -0.39 is 5.60 Å². The van der Waals surface area contributed by atoms with Crippen molar-refractivity contribution in [2.45, 2.75) is 31.3 Å². The molecule has 2 atom stereocenters.